The molecule has 4 heterocycles. The zero-order valence-corrected chi connectivity index (χ0v) is 13.3. The molecule has 0 radical (unpaired) electrons. The topological polar surface area (TPSA) is 105 Å². The molecule has 0 bridgehead atoms. The first kappa shape index (κ1) is 15.0. The van der Waals surface area contributed by atoms with E-state index in [1.807, 2.05) is 12.4 Å². The van der Waals surface area contributed by atoms with Crippen LogP contribution in [0.5, 0.6) is 0 Å². The molecule has 0 aliphatic carbocycles. The van der Waals surface area contributed by atoms with Gasteiger partial charge >= 0.3 is 5.97 Å². The monoisotopic (exact) mass is 338 g/mol. The molecule has 4 aromatic rings. The lowest BCUT2D eigenvalue weighted by atomic mass is 10.3. The number of rotatable bonds is 5. The third-order valence-corrected chi connectivity index (χ3v) is 3.62. The van der Waals surface area contributed by atoms with Gasteiger partial charge in [0.1, 0.15) is 24.0 Å². The summed E-state index contributed by atoms with van der Waals surface area (Å²) >= 11 is 0. The van der Waals surface area contributed by atoms with E-state index in [0.717, 1.165) is 17.0 Å². The smallest absolute Gasteiger partial charge is 0.339 e. The number of nitrogens with zero attached hydrogens (tertiary/aromatic N) is 8. The molecule has 0 aliphatic rings. The molecule has 4 rings (SSSR count). The second kappa shape index (κ2) is 6.15. The number of aromatic nitrogens is 8. The molecule has 0 saturated heterocycles. The number of hydrogen-bond acceptors (Lipinski definition) is 7. The van der Waals surface area contributed by atoms with Crippen molar-refractivity contribution in [2.45, 2.75) is 13.1 Å². The summed E-state index contributed by atoms with van der Waals surface area (Å²) < 4.78 is 9.89. The van der Waals surface area contributed by atoms with Gasteiger partial charge in [0.25, 0.3) is 0 Å². The molecule has 0 saturated carbocycles. The number of ether oxygens (including phenoxy) is 1. The van der Waals surface area contributed by atoms with Crippen LogP contribution in [0.2, 0.25) is 0 Å². The lowest BCUT2D eigenvalue weighted by molar-refractivity contribution is 0.0600. The van der Waals surface area contributed by atoms with E-state index in [1.54, 1.807) is 38.4 Å². The van der Waals surface area contributed by atoms with Crippen molar-refractivity contribution in [2.75, 3.05) is 7.11 Å². The van der Waals surface area contributed by atoms with Gasteiger partial charge in [0.2, 0.25) is 0 Å². The van der Waals surface area contributed by atoms with Crippen molar-refractivity contribution in [2.24, 2.45) is 0 Å². The van der Waals surface area contributed by atoms with Crippen LogP contribution in [-0.2, 0) is 17.8 Å². The normalized spacial score (nSPS) is 11.1. The molecule has 0 atom stereocenters. The maximum absolute atomic E-state index is 11.6. The van der Waals surface area contributed by atoms with E-state index in [-0.39, 0.29) is 5.97 Å². The van der Waals surface area contributed by atoms with Crippen LogP contribution in [0, 0.1) is 0 Å². The number of methoxy groups -OCH3 is 1. The molecule has 0 amide bonds. The Hall–Kier alpha value is -3.56. The first-order chi connectivity index (χ1) is 12.2. The predicted molar refractivity (Wildman–Crippen MR) is 84.8 cm³/mol. The molecule has 25 heavy (non-hydrogen) atoms. The maximum Gasteiger partial charge on any atom is 0.339 e. The summed E-state index contributed by atoms with van der Waals surface area (Å²) in [5, 5.41) is 12.3. The van der Waals surface area contributed by atoms with Gasteiger partial charge in [-0.15, -0.1) is 5.10 Å². The Labute approximate surface area is 141 Å². The maximum atomic E-state index is 11.6. The Bertz CT molecular complexity index is 1020. The van der Waals surface area contributed by atoms with E-state index in [9.17, 15) is 4.79 Å². The molecule has 4 aromatic heterocycles. The van der Waals surface area contributed by atoms with Crippen LogP contribution in [0.4, 0.5) is 0 Å². The van der Waals surface area contributed by atoms with Crippen LogP contribution >= 0.6 is 0 Å². The summed E-state index contributed by atoms with van der Waals surface area (Å²) in [7, 11) is 1.35. The van der Waals surface area contributed by atoms with Gasteiger partial charge in [0.15, 0.2) is 0 Å². The average Bonchev–Trinajstić information content (AvgIpc) is 3.35. The van der Waals surface area contributed by atoms with Gasteiger partial charge in [-0.3, -0.25) is 0 Å². The molecule has 126 valence electrons. The highest BCUT2D eigenvalue weighted by molar-refractivity contribution is 5.89. The second-order valence-electron chi connectivity index (χ2n) is 5.41. The quantitative estimate of drug-likeness (QED) is 0.485. The Balaban J connectivity index is 1.52. The highest BCUT2D eigenvalue weighted by Crippen LogP contribution is 2.10. The Kier molecular flexibility index (Phi) is 3.69. The minimum absolute atomic E-state index is 0.383. The number of hydrogen-bond donors (Lipinski definition) is 0. The Morgan fingerprint density at radius 2 is 2.00 bits per heavy atom. The average molecular weight is 338 g/mol. The number of pyridine rings is 1. The van der Waals surface area contributed by atoms with E-state index in [1.165, 1.54) is 13.4 Å². The zero-order chi connectivity index (χ0) is 17.2. The van der Waals surface area contributed by atoms with Crippen molar-refractivity contribution in [1.29, 1.82) is 0 Å². The summed E-state index contributed by atoms with van der Waals surface area (Å²) in [6.07, 6.45) is 8.48. The molecule has 10 nitrogen and oxygen atoms in total. The van der Waals surface area contributed by atoms with Gasteiger partial charge in [-0.25, -0.2) is 24.1 Å². The first-order valence-electron chi connectivity index (χ1n) is 7.48. The SMILES string of the molecule is COC(=O)c1ccc2nc(Cn3cc(Cn4cncn4)nn3)cn2c1. The molecular formula is C15H14N8O2. The van der Waals surface area contributed by atoms with Crippen molar-refractivity contribution in [3.63, 3.8) is 0 Å². The van der Waals surface area contributed by atoms with E-state index in [4.69, 9.17) is 4.74 Å². The van der Waals surface area contributed by atoms with E-state index in [0.29, 0.717) is 18.7 Å². The molecule has 0 aromatic carbocycles. The van der Waals surface area contributed by atoms with Gasteiger partial charge in [-0.2, -0.15) is 5.10 Å². The molecular weight excluding hydrogens is 324 g/mol. The van der Waals surface area contributed by atoms with Crippen LogP contribution in [0.25, 0.3) is 5.65 Å². The summed E-state index contributed by atoms with van der Waals surface area (Å²) in [6, 6.07) is 3.46. The molecule has 0 fully saturated rings. The Morgan fingerprint density at radius 1 is 1.12 bits per heavy atom. The minimum atomic E-state index is -0.383. The highest BCUT2D eigenvalue weighted by atomic mass is 16.5. The fourth-order valence-corrected chi connectivity index (χ4v) is 2.49. The Morgan fingerprint density at radius 3 is 2.80 bits per heavy atom. The fraction of sp³-hybridized carbons (Fsp3) is 0.200. The number of esters is 1. The highest BCUT2D eigenvalue weighted by Gasteiger charge is 2.09. The lowest BCUT2D eigenvalue weighted by Gasteiger charge is -1.99. The number of carbonyl (C=O) groups is 1. The van der Waals surface area contributed by atoms with Crippen molar-refractivity contribution in [3.05, 3.63) is 60.3 Å². The van der Waals surface area contributed by atoms with Gasteiger partial charge in [-0.1, -0.05) is 5.21 Å². The zero-order valence-electron chi connectivity index (χ0n) is 13.3. The van der Waals surface area contributed by atoms with Crippen molar-refractivity contribution < 1.29 is 9.53 Å². The minimum Gasteiger partial charge on any atom is -0.465 e. The van der Waals surface area contributed by atoms with E-state index < -0.39 is 0 Å². The summed E-state index contributed by atoms with van der Waals surface area (Å²) in [5.74, 6) is -0.383. The van der Waals surface area contributed by atoms with E-state index >= 15 is 0 Å². The molecule has 0 unspecified atom stereocenters. The third-order valence-electron chi connectivity index (χ3n) is 3.62. The van der Waals surface area contributed by atoms with Crippen LogP contribution in [-0.4, -0.2) is 52.2 Å². The molecule has 0 spiro atoms. The van der Waals surface area contributed by atoms with Gasteiger partial charge < -0.3 is 9.14 Å². The standard InChI is InChI=1S/C15H14N8O2/c1-25-15(24)11-2-3-14-18-12(5-21(14)4-11)6-22-7-13(19-20-22)8-23-10-16-9-17-23/h2-5,7,9-10H,6,8H2,1H3. The summed E-state index contributed by atoms with van der Waals surface area (Å²) in [5.41, 5.74) is 2.79. The van der Waals surface area contributed by atoms with Crippen LogP contribution < -0.4 is 0 Å². The van der Waals surface area contributed by atoms with Crippen LogP contribution in [0.3, 0.4) is 0 Å². The second-order valence-corrected chi connectivity index (χ2v) is 5.41. The predicted octanol–water partition coefficient (Wildman–Crippen LogP) is 0.400. The number of imidazole rings is 1. The molecule has 0 N–H and O–H groups in total. The van der Waals surface area contributed by atoms with Crippen LogP contribution in [0.1, 0.15) is 21.7 Å². The summed E-state index contributed by atoms with van der Waals surface area (Å²) in [4.78, 5) is 20.0. The fourth-order valence-electron chi connectivity index (χ4n) is 2.49. The molecule has 10 heteroatoms. The first-order valence-corrected chi connectivity index (χ1v) is 7.48. The number of fused-ring (bicyclic) bond motifs is 1. The van der Waals surface area contributed by atoms with E-state index in [2.05, 4.69) is 25.4 Å². The van der Waals surface area contributed by atoms with Crippen molar-refractivity contribution in [3.8, 4) is 0 Å². The summed E-state index contributed by atoms with van der Waals surface area (Å²) in [6.45, 7) is 0.979. The number of carbonyl (C=O) groups excluding carboxylic acids is 1. The van der Waals surface area contributed by atoms with Crippen LogP contribution in [0.15, 0.2) is 43.4 Å². The van der Waals surface area contributed by atoms with Crippen molar-refractivity contribution in [1.82, 2.24) is 39.1 Å². The van der Waals surface area contributed by atoms with Crippen molar-refractivity contribution >= 4 is 11.6 Å². The van der Waals surface area contributed by atoms with Gasteiger partial charge in [0, 0.05) is 12.4 Å². The lowest BCUT2D eigenvalue weighted by Crippen LogP contribution is -2.02. The third kappa shape index (κ3) is 3.09. The van der Waals surface area contributed by atoms with Gasteiger partial charge in [0.05, 0.1) is 37.7 Å². The molecule has 0 aliphatic heterocycles. The van der Waals surface area contributed by atoms with Gasteiger partial charge in [-0.05, 0) is 12.1 Å². The largest absolute Gasteiger partial charge is 0.465 e.